The normalized spacial score (nSPS) is 24.3. The number of benzene rings is 7. The van der Waals surface area contributed by atoms with Crippen molar-refractivity contribution >= 4 is 55.2 Å². The fraction of sp³-hybridized carbons (Fsp3) is 0.151. The zero-order valence-electron chi connectivity index (χ0n) is 54.4. The molecule has 7 aromatic carbocycles. The maximum Gasteiger partial charge on any atom is 0.240 e. The average Bonchev–Trinajstić information content (AvgIpc) is 1.89. The SMILES string of the molecule is [2H]c1cc2c3c([2H])c([2H])c([2H])c([2H])c3n(-c3c([2H])c([2H])c([2H])c([2H])c3-c3nc(N4c5ccccc5C5(C)CCCCC45C)nc(-n4c5c([2H])c([2H])c([2H])c([2H])c5c5c([2H])c(-c6c([2H])c([2H])c([2H])c([2H])c6[2H])c([2H])c([2H])c54)n3)c2c([2H])c1[2H]. The molecule has 284 valence electrons. The summed E-state index contributed by atoms with van der Waals surface area (Å²) in [5.74, 6) is -1.42. The van der Waals surface area contributed by atoms with Crippen LogP contribution in [0.5, 0.6) is 0 Å². The molecule has 1 saturated carbocycles. The molecule has 6 heteroatoms. The number of rotatable bonds is 5. The Balaban J connectivity index is 1.31. The van der Waals surface area contributed by atoms with Crippen LogP contribution in [0.4, 0.5) is 11.6 Å². The van der Waals surface area contributed by atoms with E-state index in [9.17, 15) is 13.7 Å². The maximum absolute atomic E-state index is 9.83. The summed E-state index contributed by atoms with van der Waals surface area (Å²) in [6.45, 7) is 4.10. The summed E-state index contributed by atoms with van der Waals surface area (Å²) in [5.41, 5.74) is -4.16. The van der Waals surface area contributed by atoms with E-state index >= 15 is 0 Å². The van der Waals surface area contributed by atoms with Gasteiger partial charge in [0.2, 0.25) is 11.9 Å². The van der Waals surface area contributed by atoms with Crippen LogP contribution in [0, 0.1) is 0 Å². The molecular formula is C53H42N6. The van der Waals surface area contributed by atoms with Crippen LogP contribution in [0.15, 0.2) is 169 Å². The Kier molecular flexibility index (Phi) is 3.94. The lowest BCUT2D eigenvalue weighted by Crippen LogP contribution is -2.55. The first-order valence-corrected chi connectivity index (χ1v) is 19.0. The molecule has 0 spiro atoms. The highest BCUT2D eigenvalue weighted by atomic mass is 15.4. The Morgan fingerprint density at radius 2 is 1.15 bits per heavy atom. The zero-order chi connectivity index (χ0) is 59.3. The molecule has 6 nitrogen and oxygen atoms in total. The third-order valence-electron chi connectivity index (χ3n) is 12.2. The van der Waals surface area contributed by atoms with Crippen molar-refractivity contribution in [3.63, 3.8) is 0 Å². The summed E-state index contributed by atoms with van der Waals surface area (Å²) in [5, 5.41) is -1.26. The molecule has 1 aliphatic carbocycles. The Labute approximate surface area is 375 Å². The number of hydrogen-bond donors (Lipinski definition) is 0. The standard InChI is InChI=1S/C53H42N6/c1-52-32-16-17-33-53(52,2)59(48-29-15-10-24-42(48)52)51-55-49(40-23-9-14-28-46(40)57-43-25-11-6-20-37(43)38-21-7-12-26-44(38)57)54-50(56-51)58-45-27-13-8-22-39(45)41-34-36(30-31-47(41)58)35-18-4-3-5-19-35/h3-15,18-31,34H,16-17,32-33H2,1-2H3/i3D,4D,5D,6D,7D,8D,9D,11D,12D,13D,14D,18D,19D,20D,22D,23D,25D,26D,27D,28D,30D,31D,34D. The van der Waals surface area contributed by atoms with Gasteiger partial charge < -0.3 is 9.47 Å². The molecular weight excluding hydrogens is 721 g/mol. The van der Waals surface area contributed by atoms with Crippen molar-refractivity contribution in [3.8, 4) is 34.2 Å². The van der Waals surface area contributed by atoms with E-state index in [-0.39, 0.29) is 22.2 Å². The second-order valence-corrected chi connectivity index (χ2v) is 15.0. The molecule has 2 aliphatic rings. The van der Waals surface area contributed by atoms with Crippen LogP contribution in [0.25, 0.3) is 77.8 Å². The second kappa shape index (κ2) is 12.7. The molecule has 0 amide bonds. The summed E-state index contributed by atoms with van der Waals surface area (Å²) in [6.07, 6.45) is 2.78. The molecule has 3 aromatic heterocycles. The van der Waals surface area contributed by atoms with Gasteiger partial charge in [-0.1, -0.05) is 141 Å². The van der Waals surface area contributed by atoms with Crippen LogP contribution in [-0.2, 0) is 5.41 Å². The number of nitrogens with zero attached hydrogens (tertiary/aromatic N) is 6. The van der Waals surface area contributed by atoms with Crippen molar-refractivity contribution in [1.82, 2.24) is 24.1 Å². The Morgan fingerprint density at radius 1 is 0.508 bits per heavy atom. The van der Waals surface area contributed by atoms with Gasteiger partial charge in [0.15, 0.2) is 5.82 Å². The van der Waals surface area contributed by atoms with E-state index in [0.29, 0.717) is 18.5 Å². The highest BCUT2D eigenvalue weighted by Gasteiger charge is 2.58. The lowest BCUT2D eigenvalue weighted by molar-refractivity contribution is 0.193. The van der Waals surface area contributed by atoms with E-state index in [0.717, 1.165) is 33.6 Å². The van der Waals surface area contributed by atoms with Gasteiger partial charge >= 0.3 is 0 Å². The molecule has 2 atom stereocenters. The van der Waals surface area contributed by atoms with Crippen molar-refractivity contribution in [3.05, 3.63) is 175 Å². The van der Waals surface area contributed by atoms with Gasteiger partial charge in [0, 0.05) is 38.2 Å². The van der Waals surface area contributed by atoms with E-state index in [1.54, 1.807) is 6.07 Å². The molecule has 2 unspecified atom stereocenters. The van der Waals surface area contributed by atoms with Crippen LogP contribution in [0.1, 0.15) is 76.6 Å². The number of anilines is 2. The second-order valence-electron chi connectivity index (χ2n) is 15.0. The van der Waals surface area contributed by atoms with Crippen molar-refractivity contribution in [2.75, 3.05) is 4.90 Å². The number of hydrogen-bond acceptors (Lipinski definition) is 4. The number of para-hydroxylation sites is 5. The lowest BCUT2D eigenvalue weighted by atomic mass is 9.61. The average molecular weight is 786 g/mol. The summed E-state index contributed by atoms with van der Waals surface area (Å²) < 4.78 is 211. The van der Waals surface area contributed by atoms with Gasteiger partial charge in [-0.2, -0.15) is 15.0 Å². The van der Waals surface area contributed by atoms with Crippen LogP contribution in [-0.4, -0.2) is 29.6 Å². The molecule has 1 aliphatic heterocycles. The van der Waals surface area contributed by atoms with Crippen molar-refractivity contribution in [2.24, 2.45) is 0 Å². The third kappa shape index (κ3) is 4.83. The van der Waals surface area contributed by atoms with Gasteiger partial charge in [-0.15, -0.1) is 0 Å². The highest BCUT2D eigenvalue weighted by molar-refractivity contribution is 6.11. The zero-order valence-corrected chi connectivity index (χ0v) is 31.4. The highest BCUT2D eigenvalue weighted by Crippen LogP contribution is 2.60. The fourth-order valence-electron chi connectivity index (χ4n) is 9.23. The van der Waals surface area contributed by atoms with Crippen molar-refractivity contribution in [2.45, 2.75) is 50.5 Å². The first-order valence-electron chi connectivity index (χ1n) is 30.5. The smallest absolute Gasteiger partial charge is 0.240 e. The quantitative estimate of drug-likeness (QED) is 0.174. The molecule has 0 saturated heterocycles. The van der Waals surface area contributed by atoms with Crippen molar-refractivity contribution in [1.29, 1.82) is 0 Å². The van der Waals surface area contributed by atoms with Gasteiger partial charge in [0.25, 0.3) is 0 Å². The van der Waals surface area contributed by atoms with Crippen molar-refractivity contribution < 1.29 is 31.5 Å². The van der Waals surface area contributed by atoms with E-state index in [1.807, 2.05) is 30.0 Å². The minimum Gasteiger partial charge on any atom is -0.309 e. The van der Waals surface area contributed by atoms with Gasteiger partial charge in [0.05, 0.1) is 64.8 Å². The van der Waals surface area contributed by atoms with E-state index < -0.39 is 211 Å². The van der Waals surface area contributed by atoms with E-state index in [4.69, 9.17) is 32.8 Å². The molecule has 4 heterocycles. The summed E-state index contributed by atoms with van der Waals surface area (Å²) in [6, 6.07) is -9.11. The Hall–Kier alpha value is -7.05. The largest absolute Gasteiger partial charge is 0.309 e. The summed E-state index contributed by atoms with van der Waals surface area (Å²) in [4.78, 5) is 16.9. The maximum atomic E-state index is 9.83. The predicted octanol–water partition coefficient (Wildman–Crippen LogP) is 13.1. The fourth-order valence-corrected chi connectivity index (χ4v) is 9.23. The summed E-state index contributed by atoms with van der Waals surface area (Å²) in [7, 11) is 0. The molecule has 12 rings (SSSR count). The Morgan fingerprint density at radius 3 is 2.00 bits per heavy atom. The van der Waals surface area contributed by atoms with Gasteiger partial charge in [-0.05, 0) is 84.8 Å². The van der Waals surface area contributed by atoms with Crippen LogP contribution in [0.3, 0.4) is 0 Å². The molecule has 0 bridgehead atoms. The first kappa shape index (κ1) is 18.3. The lowest BCUT2D eigenvalue weighted by Gasteiger charge is -2.49. The predicted molar refractivity (Wildman–Crippen MR) is 242 cm³/mol. The molecule has 0 N–H and O–H groups in total. The van der Waals surface area contributed by atoms with Crippen LogP contribution in [0.2, 0.25) is 0 Å². The van der Waals surface area contributed by atoms with Gasteiger partial charge in [-0.25, -0.2) is 0 Å². The minimum atomic E-state index is -0.898. The minimum absolute atomic E-state index is 0.135. The van der Waals surface area contributed by atoms with Gasteiger partial charge in [-0.3, -0.25) is 4.57 Å². The van der Waals surface area contributed by atoms with Crippen LogP contribution < -0.4 is 4.90 Å². The Bertz CT molecular complexity index is 4600. The third-order valence-corrected chi connectivity index (χ3v) is 12.2. The summed E-state index contributed by atoms with van der Waals surface area (Å²) >= 11 is 0. The monoisotopic (exact) mass is 785 g/mol. The van der Waals surface area contributed by atoms with E-state index in [2.05, 4.69) is 6.92 Å². The molecule has 59 heavy (non-hydrogen) atoms. The van der Waals surface area contributed by atoms with E-state index in [1.165, 1.54) is 0 Å². The number of aromatic nitrogens is 5. The molecule has 10 aromatic rings. The van der Waals surface area contributed by atoms with Crippen LogP contribution >= 0.6 is 0 Å². The number of fused-ring (bicyclic) bond motifs is 9. The molecule has 0 radical (unpaired) electrons. The topological polar surface area (TPSA) is 51.8 Å². The first-order chi connectivity index (χ1) is 38.6. The molecule has 1 fully saturated rings. The van der Waals surface area contributed by atoms with Gasteiger partial charge in [0.1, 0.15) is 0 Å².